The van der Waals surface area contributed by atoms with Gasteiger partial charge in [0.15, 0.2) is 0 Å². The van der Waals surface area contributed by atoms with E-state index >= 15 is 0 Å². The average Bonchev–Trinajstić information content (AvgIpc) is 3.30. The zero-order valence-corrected chi connectivity index (χ0v) is 17.5. The van der Waals surface area contributed by atoms with Gasteiger partial charge in [-0.3, -0.25) is 4.79 Å². The van der Waals surface area contributed by atoms with Gasteiger partial charge < -0.3 is 15.8 Å². The molecule has 0 bridgehead atoms. The predicted octanol–water partition coefficient (Wildman–Crippen LogP) is 3.57. The van der Waals surface area contributed by atoms with Gasteiger partial charge in [0.25, 0.3) is 5.91 Å². The lowest BCUT2D eigenvalue weighted by atomic mass is 9.92. The molecular formula is C24H28N4O2. The van der Waals surface area contributed by atoms with E-state index in [4.69, 9.17) is 10.5 Å². The molecule has 1 aliphatic rings. The lowest BCUT2D eigenvalue weighted by Crippen LogP contribution is -2.41. The van der Waals surface area contributed by atoms with Crippen molar-refractivity contribution in [1.82, 2.24) is 15.1 Å². The SMILES string of the molecule is Cc1c(Cc2ccc(-n3cccn3)cc2)cc(C(=O)NC2CCCOC2)c(N)c1C. The van der Waals surface area contributed by atoms with Gasteiger partial charge >= 0.3 is 0 Å². The molecule has 2 aromatic carbocycles. The van der Waals surface area contributed by atoms with E-state index in [2.05, 4.69) is 41.6 Å². The Labute approximate surface area is 177 Å². The smallest absolute Gasteiger partial charge is 0.253 e. The number of benzene rings is 2. The number of anilines is 1. The molecule has 3 aromatic rings. The van der Waals surface area contributed by atoms with Gasteiger partial charge in [0.05, 0.1) is 23.9 Å². The van der Waals surface area contributed by atoms with Crippen molar-refractivity contribution in [3.63, 3.8) is 0 Å². The van der Waals surface area contributed by atoms with E-state index in [1.165, 1.54) is 5.56 Å². The molecule has 1 saturated heterocycles. The maximum Gasteiger partial charge on any atom is 0.253 e. The highest BCUT2D eigenvalue weighted by Crippen LogP contribution is 2.27. The number of ether oxygens (including phenoxy) is 1. The molecule has 156 valence electrons. The molecule has 6 nitrogen and oxygen atoms in total. The summed E-state index contributed by atoms with van der Waals surface area (Å²) in [5.41, 5.74) is 12.8. The quantitative estimate of drug-likeness (QED) is 0.637. The number of hydrogen-bond donors (Lipinski definition) is 2. The summed E-state index contributed by atoms with van der Waals surface area (Å²) in [6, 6.07) is 12.2. The number of nitrogens with two attached hydrogens (primary N) is 1. The summed E-state index contributed by atoms with van der Waals surface area (Å²) in [6.07, 6.45) is 6.32. The number of carbonyl (C=O) groups is 1. The average molecular weight is 405 g/mol. The molecular weight excluding hydrogens is 376 g/mol. The number of nitrogens with one attached hydrogen (secondary N) is 1. The van der Waals surface area contributed by atoms with Crippen molar-refractivity contribution in [3.8, 4) is 5.69 Å². The van der Waals surface area contributed by atoms with Crippen molar-refractivity contribution in [3.05, 3.63) is 76.6 Å². The van der Waals surface area contributed by atoms with E-state index in [1.807, 2.05) is 29.9 Å². The molecule has 4 rings (SSSR count). The second-order valence-electron chi connectivity index (χ2n) is 7.93. The topological polar surface area (TPSA) is 82.2 Å². The first-order valence-corrected chi connectivity index (χ1v) is 10.4. The van der Waals surface area contributed by atoms with Crippen LogP contribution in [0, 0.1) is 13.8 Å². The highest BCUT2D eigenvalue weighted by molar-refractivity contribution is 6.00. The molecule has 0 saturated carbocycles. The fourth-order valence-electron chi connectivity index (χ4n) is 3.90. The van der Waals surface area contributed by atoms with Crippen molar-refractivity contribution in [1.29, 1.82) is 0 Å². The van der Waals surface area contributed by atoms with Crippen LogP contribution in [0.15, 0.2) is 48.8 Å². The van der Waals surface area contributed by atoms with E-state index in [1.54, 1.807) is 6.20 Å². The van der Waals surface area contributed by atoms with Crippen LogP contribution in [0.4, 0.5) is 5.69 Å². The van der Waals surface area contributed by atoms with Crippen LogP contribution in [0.1, 0.15) is 45.5 Å². The van der Waals surface area contributed by atoms with Gasteiger partial charge in [0.1, 0.15) is 0 Å². The number of aromatic nitrogens is 2. The summed E-state index contributed by atoms with van der Waals surface area (Å²) in [5.74, 6) is -0.124. The first kappa shape index (κ1) is 20.2. The molecule has 0 aliphatic carbocycles. The lowest BCUT2D eigenvalue weighted by molar-refractivity contribution is 0.0624. The molecule has 30 heavy (non-hydrogen) atoms. The molecule has 0 radical (unpaired) electrons. The third kappa shape index (κ3) is 4.24. The number of nitrogen functional groups attached to an aromatic ring is 1. The van der Waals surface area contributed by atoms with Crippen LogP contribution in [0.3, 0.4) is 0 Å². The highest BCUT2D eigenvalue weighted by Gasteiger charge is 2.21. The predicted molar refractivity (Wildman–Crippen MR) is 118 cm³/mol. The fourth-order valence-corrected chi connectivity index (χ4v) is 3.90. The molecule has 2 heterocycles. The molecule has 1 aromatic heterocycles. The van der Waals surface area contributed by atoms with Gasteiger partial charge in [-0.1, -0.05) is 12.1 Å². The fraction of sp³-hybridized carbons (Fsp3) is 0.333. The molecule has 1 amide bonds. The zero-order chi connectivity index (χ0) is 21.1. The van der Waals surface area contributed by atoms with Crippen molar-refractivity contribution >= 4 is 11.6 Å². The molecule has 0 spiro atoms. The van der Waals surface area contributed by atoms with Crippen molar-refractivity contribution < 1.29 is 9.53 Å². The van der Waals surface area contributed by atoms with Crippen molar-refractivity contribution in [2.24, 2.45) is 0 Å². The Morgan fingerprint density at radius 2 is 2.07 bits per heavy atom. The highest BCUT2D eigenvalue weighted by atomic mass is 16.5. The van der Waals surface area contributed by atoms with E-state index in [0.717, 1.165) is 48.2 Å². The Bertz CT molecular complexity index is 1020. The van der Waals surface area contributed by atoms with Crippen LogP contribution in [0.2, 0.25) is 0 Å². The van der Waals surface area contributed by atoms with Crippen LogP contribution in [0.25, 0.3) is 5.69 Å². The number of amides is 1. The van der Waals surface area contributed by atoms with Gasteiger partial charge in [-0.05, 0) is 79.6 Å². The summed E-state index contributed by atoms with van der Waals surface area (Å²) >= 11 is 0. The molecule has 1 fully saturated rings. The van der Waals surface area contributed by atoms with Gasteiger partial charge in [-0.2, -0.15) is 5.10 Å². The van der Waals surface area contributed by atoms with Gasteiger partial charge in [-0.25, -0.2) is 4.68 Å². The van der Waals surface area contributed by atoms with Crippen molar-refractivity contribution in [2.45, 2.75) is 39.2 Å². The summed E-state index contributed by atoms with van der Waals surface area (Å²) in [5, 5.41) is 7.35. The van der Waals surface area contributed by atoms with E-state index < -0.39 is 0 Å². The summed E-state index contributed by atoms with van der Waals surface area (Å²) in [4.78, 5) is 12.9. The summed E-state index contributed by atoms with van der Waals surface area (Å²) in [6.45, 7) is 5.37. The van der Waals surface area contributed by atoms with Gasteiger partial charge in [0, 0.05) is 24.7 Å². The minimum absolute atomic E-state index is 0.0468. The van der Waals surface area contributed by atoms with Crippen LogP contribution in [-0.2, 0) is 11.2 Å². The number of rotatable bonds is 5. The molecule has 1 unspecified atom stereocenters. The maximum absolute atomic E-state index is 12.9. The largest absolute Gasteiger partial charge is 0.398 e. The summed E-state index contributed by atoms with van der Waals surface area (Å²) in [7, 11) is 0. The second-order valence-corrected chi connectivity index (χ2v) is 7.93. The van der Waals surface area contributed by atoms with E-state index in [-0.39, 0.29) is 11.9 Å². The van der Waals surface area contributed by atoms with Gasteiger partial charge in [-0.15, -0.1) is 0 Å². The van der Waals surface area contributed by atoms with Crippen molar-refractivity contribution in [2.75, 3.05) is 18.9 Å². The minimum Gasteiger partial charge on any atom is -0.398 e. The van der Waals surface area contributed by atoms with Crippen LogP contribution >= 0.6 is 0 Å². The van der Waals surface area contributed by atoms with E-state index in [9.17, 15) is 4.79 Å². The minimum atomic E-state index is -0.124. The first-order chi connectivity index (χ1) is 14.5. The summed E-state index contributed by atoms with van der Waals surface area (Å²) < 4.78 is 7.31. The monoisotopic (exact) mass is 404 g/mol. The normalized spacial score (nSPS) is 16.4. The van der Waals surface area contributed by atoms with Crippen LogP contribution < -0.4 is 11.1 Å². The Morgan fingerprint density at radius 1 is 1.27 bits per heavy atom. The standard InChI is InChI=1S/C24H28N4O2/c1-16-17(2)23(25)22(24(29)27-20-5-3-12-30-15-20)14-19(16)13-18-6-8-21(9-7-18)28-11-4-10-26-28/h4,6-11,14,20H,3,5,12-13,15,25H2,1-2H3,(H,27,29). The van der Waals surface area contributed by atoms with E-state index in [0.29, 0.717) is 17.9 Å². The molecule has 1 aliphatic heterocycles. The Hall–Kier alpha value is -3.12. The van der Waals surface area contributed by atoms with Gasteiger partial charge in [0.2, 0.25) is 0 Å². The van der Waals surface area contributed by atoms with Crippen LogP contribution in [0.5, 0.6) is 0 Å². The number of hydrogen-bond acceptors (Lipinski definition) is 4. The molecule has 3 N–H and O–H groups in total. The number of nitrogens with zero attached hydrogens (tertiary/aromatic N) is 2. The maximum atomic E-state index is 12.9. The third-order valence-corrected chi connectivity index (χ3v) is 5.90. The second kappa shape index (κ2) is 8.71. The number of carbonyl (C=O) groups excluding carboxylic acids is 1. The lowest BCUT2D eigenvalue weighted by Gasteiger charge is -2.24. The Balaban J connectivity index is 1.56. The Morgan fingerprint density at radius 3 is 2.73 bits per heavy atom. The molecule has 1 atom stereocenters. The zero-order valence-electron chi connectivity index (χ0n) is 17.5. The molecule has 6 heteroatoms. The van der Waals surface area contributed by atoms with Crippen LogP contribution in [-0.4, -0.2) is 34.9 Å². The third-order valence-electron chi connectivity index (χ3n) is 5.90. The first-order valence-electron chi connectivity index (χ1n) is 10.4. The Kier molecular flexibility index (Phi) is 5.86.